The minimum atomic E-state index is -1.30. The van der Waals surface area contributed by atoms with Crippen molar-refractivity contribution in [1.29, 1.82) is 0 Å². The number of nitrogens with one attached hydrogen (secondary N) is 3. The number of nitrogens with two attached hydrogens (primary N) is 2. The SMILES string of the molecule is CSCCC(N)C(=O)NC(C(=O)NC(CCC(=O)O)C(=O)NC(CCCCN)C(=O)O)C(C)C. The van der Waals surface area contributed by atoms with Gasteiger partial charge in [-0.05, 0) is 56.6 Å². The maximum Gasteiger partial charge on any atom is 0.326 e. The smallest absolute Gasteiger partial charge is 0.326 e. The highest BCUT2D eigenvalue weighted by molar-refractivity contribution is 7.98. The van der Waals surface area contributed by atoms with E-state index in [1.165, 1.54) is 11.8 Å². The lowest BCUT2D eigenvalue weighted by Crippen LogP contribution is -2.58. The monoisotopic (exact) mass is 505 g/mol. The van der Waals surface area contributed by atoms with E-state index in [1.54, 1.807) is 13.8 Å². The van der Waals surface area contributed by atoms with Crippen LogP contribution in [0.4, 0.5) is 0 Å². The number of hydrogen-bond acceptors (Lipinski definition) is 8. The van der Waals surface area contributed by atoms with E-state index in [-0.39, 0.29) is 18.8 Å². The minimum Gasteiger partial charge on any atom is -0.481 e. The highest BCUT2D eigenvalue weighted by Crippen LogP contribution is 2.08. The van der Waals surface area contributed by atoms with E-state index < -0.39 is 60.2 Å². The number of carboxylic acid groups (broad SMARTS) is 2. The molecule has 196 valence electrons. The first-order valence-corrected chi connectivity index (χ1v) is 12.6. The number of amides is 3. The maximum atomic E-state index is 12.9. The minimum absolute atomic E-state index is 0.135. The van der Waals surface area contributed by atoms with Crippen molar-refractivity contribution < 1.29 is 34.2 Å². The summed E-state index contributed by atoms with van der Waals surface area (Å²) in [5.41, 5.74) is 11.3. The molecule has 0 rings (SSSR count). The molecule has 0 spiro atoms. The molecule has 0 saturated heterocycles. The van der Waals surface area contributed by atoms with Crippen molar-refractivity contribution in [2.24, 2.45) is 17.4 Å². The number of rotatable bonds is 18. The molecule has 0 heterocycles. The second-order valence-electron chi connectivity index (χ2n) is 8.30. The number of carbonyl (C=O) groups is 5. The third-order valence-corrected chi connectivity index (χ3v) is 5.70. The van der Waals surface area contributed by atoms with E-state index >= 15 is 0 Å². The Morgan fingerprint density at radius 2 is 1.47 bits per heavy atom. The zero-order chi connectivity index (χ0) is 26.3. The number of hydrogen-bond donors (Lipinski definition) is 7. The Morgan fingerprint density at radius 1 is 0.853 bits per heavy atom. The highest BCUT2D eigenvalue weighted by Gasteiger charge is 2.31. The molecule has 4 atom stereocenters. The average molecular weight is 506 g/mol. The van der Waals surface area contributed by atoms with Crippen molar-refractivity contribution in [2.75, 3.05) is 18.6 Å². The van der Waals surface area contributed by atoms with E-state index in [9.17, 15) is 29.1 Å². The van der Waals surface area contributed by atoms with Crippen molar-refractivity contribution in [2.45, 2.75) is 76.5 Å². The Balaban J connectivity index is 5.41. The molecule has 0 aliphatic heterocycles. The van der Waals surface area contributed by atoms with Crippen LogP contribution in [0.2, 0.25) is 0 Å². The van der Waals surface area contributed by atoms with Gasteiger partial charge in [-0.15, -0.1) is 0 Å². The van der Waals surface area contributed by atoms with Crippen LogP contribution in [-0.2, 0) is 24.0 Å². The zero-order valence-electron chi connectivity index (χ0n) is 20.0. The van der Waals surface area contributed by atoms with Crippen LogP contribution >= 0.6 is 11.8 Å². The predicted molar refractivity (Wildman–Crippen MR) is 129 cm³/mol. The van der Waals surface area contributed by atoms with Gasteiger partial charge in [0.05, 0.1) is 6.04 Å². The summed E-state index contributed by atoms with van der Waals surface area (Å²) >= 11 is 1.53. The molecule has 4 unspecified atom stereocenters. The summed E-state index contributed by atoms with van der Waals surface area (Å²) in [5, 5.41) is 25.8. The third kappa shape index (κ3) is 12.8. The van der Waals surface area contributed by atoms with Gasteiger partial charge in [0, 0.05) is 6.42 Å². The van der Waals surface area contributed by atoms with Crippen molar-refractivity contribution in [1.82, 2.24) is 16.0 Å². The Hall–Kier alpha value is -2.38. The molecule has 0 aliphatic rings. The summed E-state index contributed by atoms with van der Waals surface area (Å²) in [7, 11) is 0. The molecule has 0 aromatic carbocycles. The normalized spacial score (nSPS) is 14.5. The first kappa shape index (κ1) is 31.6. The van der Waals surface area contributed by atoms with E-state index in [1.807, 2.05) is 6.26 Å². The number of aliphatic carboxylic acids is 2. The lowest BCUT2D eigenvalue weighted by molar-refractivity contribution is -0.143. The molecule has 0 radical (unpaired) electrons. The summed E-state index contributed by atoms with van der Waals surface area (Å²) in [6.07, 6.45) is 2.80. The van der Waals surface area contributed by atoms with E-state index in [4.69, 9.17) is 16.6 Å². The van der Waals surface area contributed by atoms with Gasteiger partial charge in [0.25, 0.3) is 0 Å². The molecule has 9 N–H and O–H groups in total. The number of carboxylic acids is 2. The topological polar surface area (TPSA) is 214 Å². The van der Waals surface area contributed by atoms with Gasteiger partial charge in [0.1, 0.15) is 18.1 Å². The fourth-order valence-corrected chi connectivity index (χ4v) is 3.48. The summed E-state index contributed by atoms with van der Waals surface area (Å²) in [6, 6.07) is -4.34. The third-order valence-electron chi connectivity index (χ3n) is 5.06. The lowest BCUT2D eigenvalue weighted by Gasteiger charge is -2.27. The van der Waals surface area contributed by atoms with Crippen LogP contribution < -0.4 is 27.4 Å². The van der Waals surface area contributed by atoms with E-state index in [0.717, 1.165) is 0 Å². The van der Waals surface area contributed by atoms with Crippen LogP contribution in [-0.4, -0.2) is 82.6 Å². The van der Waals surface area contributed by atoms with Gasteiger partial charge in [-0.3, -0.25) is 19.2 Å². The summed E-state index contributed by atoms with van der Waals surface area (Å²) in [5.74, 6) is -4.15. The molecule has 0 bridgehead atoms. The van der Waals surface area contributed by atoms with Gasteiger partial charge in [-0.1, -0.05) is 13.8 Å². The Kier molecular flexibility index (Phi) is 15.9. The summed E-state index contributed by atoms with van der Waals surface area (Å²) in [4.78, 5) is 60.6. The Bertz CT molecular complexity index is 692. The largest absolute Gasteiger partial charge is 0.481 e. The Labute approximate surface area is 204 Å². The van der Waals surface area contributed by atoms with Crippen LogP contribution in [0, 0.1) is 5.92 Å². The highest BCUT2D eigenvalue weighted by atomic mass is 32.2. The summed E-state index contributed by atoms with van der Waals surface area (Å²) < 4.78 is 0. The molecule has 0 aromatic rings. The second-order valence-corrected chi connectivity index (χ2v) is 9.28. The first-order chi connectivity index (χ1) is 15.9. The molecule has 12 nitrogen and oxygen atoms in total. The number of unbranched alkanes of at least 4 members (excludes halogenated alkanes) is 1. The number of carbonyl (C=O) groups excluding carboxylic acids is 3. The van der Waals surface area contributed by atoms with Gasteiger partial charge in [-0.2, -0.15) is 11.8 Å². The van der Waals surface area contributed by atoms with Gasteiger partial charge in [0.15, 0.2) is 0 Å². The fraction of sp³-hybridized carbons (Fsp3) is 0.762. The van der Waals surface area contributed by atoms with E-state index in [0.29, 0.717) is 31.6 Å². The van der Waals surface area contributed by atoms with Crippen molar-refractivity contribution in [3.63, 3.8) is 0 Å². The van der Waals surface area contributed by atoms with Crippen LogP contribution in [0.3, 0.4) is 0 Å². The molecule has 0 saturated carbocycles. The van der Waals surface area contributed by atoms with Crippen LogP contribution in [0.15, 0.2) is 0 Å². The molecule has 34 heavy (non-hydrogen) atoms. The standard InChI is InChI=1S/C21H39N5O7S/c1-12(2)17(26-18(29)13(23)9-11-34-3)20(31)24-14(7-8-16(27)28)19(30)25-15(21(32)33)6-4-5-10-22/h12-15,17H,4-11,22-23H2,1-3H3,(H,24,31)(H,25,30)(H,26,29)(H,27,28)(H,32,33). The number of thioether (sulfide) groups is 1. The van der Waals surface area contributed by atoms with Gasteiger partial charge in [-0.25, -0.2) is 4.79 Å². The Morgan fingerprint density at radius 3 is 1.97 bits per heavy atom. The average Bonchev–Trinajstić information content (AvgIpc) is 2.76. The quantitative estimate of drug-likeness (QED) is 0.116. The fourth-order valence-electron chi connectivity index (χ4n) is 2.99. The summed E-state index contributed by atoms with van der Waals surface area (Å²) in [6.45, 7) is 3.77. The zero-order valence-corrected chi connectivity index (χ0v) is 20.9. The molecular weight excluding hydrogens is 466 g/mol. The second kappa shape index (κ2) is 17.1. The van der Waals surface area contributed by atoms with Crippen LogP contribution in [0.25, 0.3) is 0 Å². The van der Waals surface area contributed by atoms with Crippen LogP contribution in [0.1, 0.15) is 52.4 Å². The molecular formula is C21H39N5O7S. The van der Waals surface area contributed by atoms with Gasteiger partial charge in [0.2, 0.25) is 17.7 Å². The molecule has 0 aliphatic carbocycles. The van der Waals surface area contributed by atoms with Crippen LogP contribution in [0.5, 0.6) is 0 Å². The van der Waals surface area contributed by atoms with Gasteiger partial charge < -0.3 is 37.6 Å². The predicted octanol–water partition coefficient (Wildman–Crippen LogP) is -0.744. The van der Waals surface area contributed by atoms with Gasteiger partial charge >= 0.3 is 11.9 Å². The van der Waals surface area contributed by atoms with Crippen molar-refractivity contribution >= 4 is 41.4 Å². The van der Waals surface area contributed by atoms with E-state index in [2.05, 4.69) is 16.0 Å². The molecule has 0 aromatic heterocycles. The lowest BCUT2D eigenvalue weighted by atomic mass is 10.0. The first-order valence-electron chi connectivity index (χ1n) is 11.2. The molecule has 13 heteroatoms. The molecule has 0 fully saturated rings. The maximum absolute atomic E-state index is 12.9. The van der Waals surface area contributed by atoms with Crippen molar-refractivity contribution in [3.8, 4) is 0 Å². The van der Waals surface area contributed by atoms with Crippen molar-refractivity contribution in [3.05, 3.63) is 0 Å². The molecule has 3 amide bonds.